The van der Waals surface area contributed by atoms with E-state index in [0.717, 1.165) is 39.5 Å². The summed E-state index contributed by atoms with van der Waals surface area (Å²) in [6.45, 7) is 7.43. The third kappa shape index (κ3) is 11.0. The first kappa shape index (κ1) is 46.9. The summed E-state index contributed by atoms with van der Waals surface area (Å²) >= 11 is 0. The minimum absolute atomic E-state index is 0.0398. The van der Waals surface area contributed by atoms with E-state index in [1.165, 1.54) is 6.07 Å². The van der Waals surface area contributed by atoms with Crippen LogP contribution in [-0.2, 0) is 41.1 Å². The van der Waals surface area contributed by atoms with Gasteiger partial charge in [-0.2, -0.15) is 13.6 Å². The lowest BCUT2D eigenvalue weighted by molar-refractivity contribution is -0.121. The highest BCUT2D eigenvalue weighted by molar-refractivity contribution is 7.66. The number of aromatic nitrogens is 4. The molecule has 0 aliphatic carbocycles. The molecule has 3 aromatic heterocycles. The predicted octanol–water partition coefficient (Wildman–Crippen LogP) is 1.50. The number of nitrogens with one attached hydrogen (secondary N) is 3. The monoisotopic (exact) mass is 934 g/mol. The van der Waals surface area contributed by atoms with Crippen LogP contribution in [-0.4, -0.2) is 106 Å². The zero-order chi connectivity index (χ0) is 45.5. The average Bonchev–Trinajstić information content (AvgIpc) is 3.68. The van der Waals surface area contributed by atoms with E-state index in [2.05, 4.69) is 70.5 Å². The summed E-state index contributed by atoms with van der Waals surface area (Å²) in [6.07, 6.45) is -5.54. The number of nitrogens with zero attached hydrogens (tertiary/aromatic N) is 4. The van der Waals surface area contributed by atoms with E-state index in [4.69, 9.17) is 29.4 Å². The maximum atomic E-state index is 13.0. The van der Waals surface area contributed by atoms with Crippen LogP contribution in [0.25, 0.3) is 22.1 Å². The van der Waals surface area contributed by atoms with Crippen LogP contribution in [0.1, 0.15) is 63.3 Å². The standard InChI is InChI=1S/C33H45N8O18P3/c1-16-10-24(43)55-21-12-20-18(11-19(16)21)17(2)13-33(3,4)41(20)9-5-6-23(42)35-7-8-36-32(46)57-27-26(44)22(14-54-61(50,51)59-62(52,53)58-60(47,48)49)56-30(27)40-15-37-25-28(40)38-31(34)39-29(25)45/h10-12,15,17,22,26-27,30,44H,5-9,13-14H2,1-4H3,(H,35,42)(H,36,46)(H,50,51)(H,52,53)(H2,47,48,49)(H3,34,38,39,45)/t17?,22-,26-,27-,30-/m1/s1. The number of hydrogen-bond acceptors (Lipinski definition) is 18. The summed E-state index contributed by atoms with van der Waals surface area (Å²) in [5.41, 5.74) is 7.12. The van der Waals surface area contributed by atoms with Gasteiger partial charge in [0.25, 0.3) is 5.56 Å². The number of nitrogen functional groups attached to an aromatic ring is 1. The van der Waals surface area contributed by atoms with Gasteiger partial charge in [0, 0.05) is 54.8 Å². The molecule has 2 aliphatic heterocycles. The maximum absolute atomic E-state index is 13.0. The molecular weight excluding hydrogens is 889 g/mol. The van der Waals surface area contributed by atoms with Crippen molar-refractivity contribution in [2.75, 3.05) is 36.9 Å². The number of H-pyrrole nitrogens is 1. The van der Waals surface area contributed by atoms with Crippen LogP contribution in [0.4, 0.5) is 16.4 Å². The van der Waals surface area contributed by atoms with E-state index in [1.807, 2.05) is 13.0 Å². The number of alkyl carbamates (subject to hydrolysis) is 1. The molecule has 2 amide bonds. The average molecular weight is 935 g/mol. The molecule has 1 saturated heterocycles. The highest BCUT2D eigenvalue weighted by atomic mass is 31.3. The van der Waals surface area contributed by atoms with E-state index < -0.39 is 71.9 Å². The fourth-order valence-electron chi connectivity index (χ4n) is 7.54. The zero-order valence-electron chi connectivity index (χ0n) is 33.4. The lowest BCUT2D eigenvalue weighted by atomic mass is 9.79. The Morgan fingerprint density at radius 2 is 1.77 bits per heavy atom. The number of nitrogens with two attached hydrogens (primary N) is 1. The van der Waals surface area contributed by atoms with Crippen molar-refractivity contribution in [2.24, 2.45) is 0 Å². The van der Waals surface area contributed by atoms with Crippen LogP contribution >= 0.6 is 23.5 Å². The number of hydrogen-bond donors (Lipinski definition) is 9. The molecule has 4 aromatic rings. The highest BCUT2D eigenvalue weighted by Crippen LogP contribution is 2.66. The van der Waals surface area contributed by atoms with Gasteiger partial charge < -0.3 is 59.8 Å². The summed E-state index contributed by atoms with van der Waals surface area (Å²) in [7, 11) is -17.2. The number of aliphatic hydroxyl groups is 1. The van der Waals surface area contributed by atoms with E-state index in [1.54, 1.807) is 0 Å². The van der Waals surface area contributed by atoms with Gasteiger partial charge in [-0.25, -0.2) is 28.3 Å². The maximum Gasteiger partial charge on any atom is 0.490 e. The Morgan fingerprint density at radius 1 is 1.06 bits per heavy atom. The lowest BCUT2D eigenvalue weighted by Gasteiger charge is -2.47. The van der Waals surface area contributed by atoms with Gasteiger partial charge in [0.1, 0.15) is 17.8 Å². The number of carbonyl (C=O) groups is 2. The van der Waals surface area contributed by atoms with Crippen LogP contribution in [0.15, 0.2) is 38.5 Å². The van der Waals surface area contributed by atoms with Crippen LogP contribution in [0.5, 0.6) is 0 Å². The summed E-state index contributed by atoms with van der Waals surface area (Å²) in [4.78, 5) is 99.7. The Balaban J connectivity index is 1.05. The van der Waals surface area contributed by atoms with Gasteiger partial charge in [-0.3, -0.25) is 23.7 Å². The first-order valence-electron chi connectivity index (χ1n) is 18.7. The molecular formula is C33H45N8O18P3. The van der Waals surface area contributed by atoms with E-state index >= 15 is 0 Å². The fraction of sp³-hybridized carbons (Fsp3) is 0.515. The summed E-state index contributed by atoms with van der Waals surface area (Å²) in [5, 5.41) is 17.1. The summed E-state index contributed by atoms with van der Waals surface area (Å²) < 4.78 is 64.8. The Labute approximate surface area is 350 Å². The Bertz CT molecular complexity index is 2630. The van der Waals surface area contributed by atoms with Gasteiger partial charge in [-0.15, -0.1) is 0 Å². The summed E-state index contributed by atoms with van der Waals surface area (Å²) in [5.74, 6) is -0.423. The van der Waals surface area contributed by atoms with Gasteiger partial charge in [0.05, 0.1) is 12.9 Å². The van der Waals surface area contributed by atoms with Crippen molar-refractivity contribution in [1.29, 1.82) is 0 Å². The number of fused-ring (bicyclic) bond motifs is 3. The molecule has 7 atom stereocenters. The van der Waals surface area contributed by atoms with Gasteiger partial charge >= 0.3 is 35.2 Å². The van der Waals surface area contributed by atoms with Gasteiger partial charge in [-0.05, 0) is 56.7 Å². The lowest BCUT2D eigenvalue weighted by Crippen LogP contribution is -2.49. The van der Waals surface area contributed by atoms with Crippen molar-refractivity contribution in [1.82, 2.24) is 30.2 Å². The third-order valence-corrected chi connectivity index (χ3v) is 13.9. The normalized spacial score (nSPS) is 23.1. The second-order valence-corrected chi connectivity index (χ2v) is 19.6. The molecule has 0 radical (unpaired) electrons. The third-order valence-electron chi connectivity index (χ3n) is 10.1. The quantitative estimate of drug-likeness (QED) is 0.0436. The SMILES string of the molecule is Cc1cc(=O)oc2cc3c(cc12)C(C)CC(C)(C)N3CCCC(=O)NCCNC(=O)O[C@@H]1[C@H](O)[C@@H](COP(=O)(O)OP(=O)(O)OP(=O)(O)O)O[C@H]1n1cnc2c(=O)[nH]c(N)nc21. The van der Waals surface area contributed by atoms with Gasteiger partial charge in [-0.1, -0.05) is 6.92 Å². The van der Waals surface area contributed by atoms with E-state index in [9.17, 15) is 47.8 Å². The molecule has 0 spiro atoms. The molecule has 29 heteroatoms. The van der Waals surface area contributed by atoms with Crippen molar-refractivity contribution < 1.29 is 75.0 Å². The molecule has 5 heterocycles. The summed E-state index contributed by atoms with van der Waals surface area (Å²) in [6, 6.07) is 5.41. The molecule has 0 bridgehead atoms. The first-order chi connectivity index (χ1) is 28.8. The minimum Gasteiger partial charge on any atom is -0.439 e. The van der Waals surface area contributed by atoms with E-state index in [-0.39, 0.29) is 54.0 Å². The predicted molar refractivity (Wildman–Crippen MR) is 214 cm³/mol. The Hall–Kier alpha value is -4.55. The number of benzene rings is 1. The molecule has 26 nitrogen and oxygen atoms in total. The molecule has 1 aromatic carbocycles. The van der Waals surface area contributed by atoms with Crippen LogP contribution in [0.2, 0.25) is 0 Å². The minimum atomic E-state index is -5.88. The molecule has 3 unspecified atom stereocenters. The Morgan fingerprint density at radius 3 is 2.48 bits per heavy atom. The first-order valence-corrected chi connectivity index (χ1v) is 23.3. The van der Waals surface area contributed by atoms with Crippen LogP contribution in [0, 0.1) is 6.92 Å². The number of aliphatic hydroxyl groups excluding tert-OH is 1. The van der Waals surface area contributed by atoms with Crippen molar-refractivity contribution in [3.05, 3.63) is 56.4 Å². The van der Waals surface area contributed by atoms with Crippen LogP contribution < -0.4 is 32.5 Å². The number of imidazole rings is 1. The molecule has 0 saturated carbocycles. The number of phosphoric acid groups is 3. The highest BCUT2D eigenvalue weighted by Gasteiger charge is 2.50. The van der Waals surface area contributed by atoms with Crippen molar-refractivity contribution in [2.45, 2.75) is 83.0 Å². The molecule has 6 rings (SSSR count). The fourth-order valence-corrected chi connectivity index (χ4v) is 10.6. The number of rotatable bonds is 16. The van der Waals surface area contributed by atoms with Crippen molar-refractivity contribution >= 4 is 69.2 Å². The van der Waals surface area contributed by atoms with Gasteiger partial charge in [0.2, 0.25) is 11.9 Å². The second kappa shape index (κ2) is 17.9. The second-order valence-electron chi connectivity index (χ2n) is 15.2. The number of aromatic amines is 1. The van der Waals surface area contributed by atoms with Crippen molar-refractivity contribution in [3.8, 4) is 0 Å². The smallest absolute Gasteiger partial charge is 0.439 e. The van der Waals surface area contributed by atoms with Gasteiger partial charge in [0.15, 0.2) is 23.5 Å². The topological polar surface area (TPSA) is 380 Å². The zero-order valence-corrected chi connectivity index (χ0v) is 36.1. The molecule has 62 heavy (non-hydrogen) atoms. The number of aryl methyl sites for hydroxylation is 1. The molecule has 1 fully saturated rings. The number of phosphoric ester groups is 1. The number of amides is 2. The number of anilines is 2. The van der Waals surface area contributed by atoms with Crippen molar-refractivity contribution in [3.63, 3.8) is 0 Å². The molecule has 2 aliphatic rings. The molecule has 340 valence electrons. The number of ether oxygens (including phenoxy) is 2. The van der Waals surface area contributed by atoms with Crippen LogP contribution in [0.3, 0.4) is 0 Å². The largest absolute Gasteiger partial charge is 0.490 e. The Kier molecular flexibility index (Phi) is 13.6. The number of carbonyl (C=O) groups excluding carboxylic acids is 2. The van der Waals surface area contributed by atoms with E-state index in [0.29, 0.717) is 18.5 Å². The molecule has 10 N–H and O–H groups in total.